The minimum atomic E-state index is -3.47. The largest absolute Gasteiger partial charge is 0.380 e. The molecule has 0 spiro atoms. The third-order valence-electron chi connectivity index (χ3n) is 4.28. The fraction of sp³-hybridized carbons (Fsp3) is 0.733. The molecule has 3 rings (SSSR count). The summed E-state index contributed by atoms with van der Waals surface area (Å²) in [5.74, 6) is 0.0811. The smallest absolute Gasteiger partial charge is 0.282 e. The van der Waals surface area contributed by atoms with Crippen LogP contribution in [-0.4, -0.2) is 79.6 Å². The summed E-state index contributed by atoms with van der Waals surface area (Å²) in [6.07, 6.45) is 2.23. The van der Waals surface area contributed by atoms with E-state index in [9.17, 15) is 8.42 Å². The van der Waals surface area contributed by atoms with Crippen LogP contribution in [0, 0.1) is 12.8 Å². The number of nitrogens with zero attached hydrogens (tertiary/aromatic N) is 4. The molecule has 1 atom stereocenters. The van der Waals surface area contributed by atoms with Crippen molar-refractivity contribution in [2.24, 2.45) is 5.92 Å². The normalized spacial score (nSPS) is 24.6. The molecule has 9 heteroatoms. The highest BCUT2D eigenvalue weighted by molar-refractivity contribution is 7.86. The van der Waals surface area contributed by atoms with Crippen LogP contribution < -0.4 is 0 Å². The lowest BCUT2D eigenvalue weighted by Gasteiger charge is -2.32. The molecule has 3 heterocycles. The Kier molecular flexibility index (Phi) is 5.77. The number of hydrogen-bond acceptors (Lipinski definition) is 6. The van der Waals surface area contributed by atoms with E-state index in [1.807, 2.05) is 13.0 Å². The van der Waals surface area contributed by atoms with Gasteiger partial charge in [-0.15, -0.1) is 0 Å². The van der Waals surface area contributed by atoms with Gasteiger partial charge in [0.1, 0.15) is 6.33 Å². The highest BCUT2D eigenvalue weighted by atomic mass is 32.2. The minimum absolute atomic E-state index is 0.0811. The third kappa shape index (κ3) is 4.28. The quantitative estimate of drug-likeness (QED) is 0.746. The molecule has 0 saturated carbocycles. The van der Waals surface area contributed by atoms with Crippen LogP contribution in [0.4, 0.5) is 0 Å². The van der Waals surface area contributed by atoms with Crippen LogP contribution in [0.25, 0.3) is 0 Å². The van der Waals surface area contributed by atoms with Crippen LogP contribution in [0.15, 0.2) is 12.4 Å². The fourth-order valence-electron chi connectivity index (χ4n) is 3.04. The van der Waals surface area contributed by atoms with Gasteiger partial charge in [0.2, 0.25) is 0 Å². The summed E-state index contributed by atoms with van der Waals surface area (Å²) in [5.41, 5.74) is 1.83. The molecule has 0 bridgehead atoms. The molecule has 8 nitrogen and oxygen atoms in total. The first-order valence-corrected chi connectivity index (χ1v) is 9.63. The summed E-state index contributed by atoms with van der Waals surface area (Å²) >= 11 is 0. The Balaban J connectivity index is 1.70. The van der Waals surface area contributed by atoms with Crippen LogP contribution in [0.2, 0.25) is 0 Å². The van der Waals surface area contributed by atoms with Crippen molar-refractivity contribution < 1.29 is 17.9 Å². The van der Waals surface area contributed by atoms with Crippen molar-refractivity contribution in [1.29, 1.82) is 0 Å². The summed E-state index contributed by atoms with van der Waals surface area (Å²) in [4.78, 5) is 8.38. The predicted octanol–water partition coefficient (Wildman–Crippen LogP) is -0.147. The van der Waals surface area contributed by atoms with Crippen LogP contribution >= 0.6 is 0 Å². The number of aromatic nitrogens is 2. The van der Waals surface area contributed by atoms with Crippen molar-refractivity contribution in [2.45, 2.75) is 13.3 Å². The summed E-state index contributed by atoms with van der Waals surface area (Å²) in [6.45, 7) is 5.44. The van der Waals surface area contributed by atoms with Crippen molar-refractivity contribution in [3.8, 4) is 0 Å². The van der Waals surface area contributed by atoms with E-state index in [4.69, 9.17) is 9.47 Å². The highest BCUT2D eigenvalue weighted by Crippen LogP contribution is 2.18. The average molecular weight is 356 g/mol. The summed E-state index contributed by atoms with van der Waals surface area (Å²) < 4.78 is 39.7. The van der Waals surface area contributed by atoms with Crippen LogP contribution in [0.3, 0.4) is 0 Å². The van der Waals surface area contributed by atoms with Crippen LogP contribution in [0.5, 0.6) is 0 Å². The van der Waals surface area contributed by atoms with Crippen LogP contribution in [-0.2, 0) is 26.1 Å². The molecule has 1 aromatic heterocycles. The van der Waals surface area contributed by atoms with Crippen molar-refractivity contribution in [2.75, 3.05) is 52.6 Å². The zero-order chi connectivity index (χ0) is 17.0. The summed E-state index contributed by atoms with van der Waals surface area (Å²) in [7, 11) is -3.47. The van der Waals surface area contributed by atoms with E-state index in [0.717, 1.165) is 11.4 Å². The van der Waals surface area contributed by atoms with Crippen molar-refractivity contribution >= 4 is 10.2 Å². The van der Waals surface area contributed by atoms with Gasteiger partial charge in [-0.2, -0.15) is 17.0 Å². The number of ether oxygens (including phenoxy) is 2. The lowest BCUT2D eigenvalue weighted by atomic mass is 10.0. The van der Waals surface area contributed by atoms with E-state index in [0.29, 0.717) is 59.0 Å². The maximum atomic E-state index is 12.9. The molecule has 134 valence electrons. The van der Waals surface area contributed by atoms with E-state index in [-0.39, 0.29) is 5.92 Å². The van der Waals surface area contributed by atoms with Crippen LogP contribution in [0.1, 0.15) is 11.4 Å². The highest BCUT2D eigenvalue weighted by Gasteiger charge is 2.33. The second-order valence-corrected chi connectivity index (χ2v) is 8.10. The van der Waals surface area contributed by atoms with Crippen molar-refractivity contribution in [3.05, 3.63) is 23.8 Å². The molecule has 1 unspecified atom stereocenters. The molecule has 2 aliphatic heterocycles. The Morgan fingerprint density at radius 2 is 1.83 bits per heavy atom. The SMILES string of the molecule is Cc1cc(CC2COCCN(S(=O)(=O)N3CCOCC3)C2)ncn1. The van der Waals surface area contributed by atoms with Gasteiger partial charge in [-0.1, -0.05) is 0 Å². The first-order chi connectivity index (χ1) is 11.6. The van der Waals surface area contributed by atoms with E-state index in [1.165, 1.54) is 4.31 Å². The first-order valence-electron chi connectivity index (χ1n) is 8.24. The predicted molar refractivity (Wildman–Crippen MR) is 87.7 cm³/mol. The molecule has 0 radical (unpaired) electrons. The third-order valence-corrected chi connectivity index (χ3v) is 6.28. The van der Waals surface area contributed by atoms with Gasteiger partial charge >= 0.3 is 0 Å². The standard InChI is InChI=1S/C15H24N4O4S/c1-13-8-15(17-12-16-13)9-14-10-19(4-7-23-11-14)24(20,21)18-2-5-22-6-3-18/h8,12,14H,2-7,9-11H2,1H3. The van der Waals surface area contributed by atoms with Gasteiger partial charge in [-0.05, 0) is 19.4 Å². The number of aryl methyl sites for hydroxylation is 1. The van der Waals surface area contributed by atoms with E-state index in [1.54, 1.807) is 10.6 Å². The molecule has 2 saturated heterocycles. The zero-order valence-electron chi connectivity index (χ0n) is 13.9. The minimum Gasteiger partial charge on any atom is -0.380 e. The van der Waals surface area contributed by atoms with Gasteiger partial charge in [0.25, 0.3) is 10.2 Å². The van der Waals surface area contributed by atoms with E-state index >= 15 is 0 Å². The number of hydrogen-bond donors (Lipinski definition) is 0. The summed E-state index contributed by atoms with van der Waals surface area (Å²) in [5, 5.41) is 0. The van der Waals surface area contributed by atoms with Gasteiger partial charge in [0, 0.05) is 43.5 Å². The first kappa shape index (κ1) is 17.7. The number of rotatable bonds is 4. The average Bonchev–Trinajstić information content (AvgIpc) is 2.82. The van der Waals surface area contributed by atoms with Crippen molar-refractivity contribution in [1.82, 2.24) is 18.6 Å². The molecule has 0 amide bonds. The summed E-state index contributed by atoms with van der Waals surface area (Å²) in [6, 6.07) is 1.94. The topological polar surface area (TPSA) is 84.9 Å². The molecule has 2 aliphatic rings. The Morgan fingerprint density at radius 1 is 1.12 bits per heavy atom. The monoisotopic (exact) mass is 356 g/mol. The van der Waals surface area contributed by atoms with Gasteiger partial charge in [-0.25, -0.2) is 9.97 Å². The molecule has 1 aromatic rings. The van der Waals surface area contributed by atoms with E-state index in [2.05, 4.69) is 9.97 Å². The second-order valence-electron chi connectivity index (χ2n) is 6.17. The lowest BCUT2D eigenvalue weighted by Crippen LogP contribution is -2.50. The molecule has 0 aliphatic carbocycles. The lowest BCUT2D eigenvalue weighted by molar-refractivity contribution is 0.0699. The molecular weight excluding hydrogens is 332 g/mol. The number of morpholine rings is 1. The Hall–Kier alpha value is -1.13. The van der Waals surface area contributed by atoms with Gasteiger partial charge in [-0.3, -0.25) is 0 Å². The Morgan fingerprint density at radius 3 is 2.58 bits per heavy atom. The maximum Gasteiger partial charge on any atom is 0.282 e. The van der Waals surface area contributed by atoms with Crippen molar-refractivity contribution in [3.63, 3.8) is 0 Å². The van der Waals surface area contributed by atoms with E-state index < -0.39 is 10.2 Å². The molecule has 0 aromatic carbocycles. The molecular formula is C15H24N4O4S. The molecule has 0 N–H and O–H groups in total. The molecule has 24 heavy (non-hydrogen) atoms. The Bertz CT molecular complexity index is 649. The zero-order valence-corrected chi connectivity index (χ0v) is 14.7. The van der Waals surface area contributed by atoms with Gasteiger partial charge < -0.3 is 9.47 Å². The van der Waals surface area contributed by atoms with Gasteiger partial charge in [0.15, 0.2) is 0 Å². The Labute approximate surface area is 143 Å². The van der Waals surface area contributed by atoms with Gasteiger partial charge in [0.05, 0.1) is 26.4 Å². The molecule has 2 fully saturated rings. The maximum absolute atomic E-state index is 12.9. The fourth-order valence-corrected chi connectivity index (χ4v) is 4.68. The second kappa shape index (κ2) is 7.83.